The molecule has 0 atom stereocenters. The number of pyridine rings is 1. The molecule has 24 heavy (non-hydrogen) atoms. The lowest BCUT2D eigenvalue weighted by atomic mass is 10.1. The third-order valence-corrected chi connectivity index (χ3v) is 5.00. The fourth-order valence-electron chi connectivity index (χ4n) is 1.74. The van der Waals surface area contributed by atoms with Crippen molar-refractivity contribution in [3.63, 3.8) is 0 Å². The minimum Gasteiger partial charge on any atom is -0.411 e. The monoisotopic (exact) mass is 436 g/mol. The van der Waals surface area contributed by atoms with Gasteiger partial charge in [0.15, 0.2) is 0 Å². The van der Waals surface area contributed by atoms with Gasteiger partial charge in [0, 0.05) is 23.4 Å². The number of nitrogens with zero attached hydrogens (tertiary/aromatic N) is 2. The molecule has 0 bridgehead atoms. The van der Waals surface area contributed by atoms with Gasteiger partial charge in [-0.3, -0.25) is 10.1 Å². The van der Waals surface area contributed by atoms with E-state index in [0.29, 0.717) is 0 Å². The number of ether oxygens (including phenoxy) is 1. The number of benzene rings is 1. The molecule has 128 valence electrons. The molecule has 0 saturated carbocycles. The van der Waals surface area contributed by atoms with Crippen molar-refractivity contribution in [3.8, 4) is 17.0 Å². The summed E-state index contributed by atoms with van der Waals surface area (Å²) < 4.78 is 28.6. The number of aromatic nitrogens is 1. The highest BCUT2D eigenvalue weighted by Gasteiger charge is 2.25. The Bertz CT molecular complexity index is 806. The lowest BCUT2D eigenvalue weighted by molar-refractivity contribution is -0.386. The quantitative estimate of drug-likeness (QED) is 0.236. The van der Waals surface area contributed by atoms with E-state index in [-0.39, 0.29) is 36.2 Å². The van der Waals surface area contributed by atoms with Crippen molar-refractivity contribution in [3.05, 3.63) is 47.5 Å². The maximum atomic E-state index is 12.3. The third-order valence-electron chi connectivity index (χ3n) is 2.73. The molecule has 2 rings (SSSR count). The Hall–Kier alpha value is -1.12. The molecule has 5 nitrogen and oxygen atoms in total. The highest BCUT2D eigenvalue weighted by molar-refractivity contribution is 6.56. The Labute approximate surface area is 158 Å². The molecule has 2 aromatic rings. The topological polar surface area (TPSA) is 65.3 Å². The van der Waals surface area contributed by atoms with E-state index in [2.05, 4.69) is 9.72 Å². The number of nitro groups is 1. The van der Waals surface area contributed by atoms with Gasteiger partial charge in [-0.2, -0.15) is 8.78 Å². The zero-order valence-corrected chi connectivity index (χ0v) is 14.8. The van der Waals surface area contributed by atoms with Crippen LogP contribution in [-0.2, 0) is 0 Å². The first kappa shape index (κ1) is 19.2. The molecule has 1 aromatic carbocycles. The Morgan fingerprint density at radius 2 is 1.54 bits per heavy atom. The predicted octanol–water partition coefficient (Wildman–Crippen LogP) is 6.53. The largest absolute Gasteiger partial charge is 0.411 e. The molecule has 0 N–H and O–H groups in total. The molecule has 0 aliphatic rings. The van der Waals surface area contributed by atoms with Gasteiger partial charge in [0.2, 0.25) is 0 Å². The normalized spacial score (nSPS) is 11.0. The van der Waals surface area contributed by atoms with E-state index in [9.17, 15) is 18.9 Å². The van der Waals surface area contributed by atoms with Crippen LogP contribution in [0.3, 0.4) is 0 Å². The zero-order valence-electron chi connectivity index (χ0n) is 11.0. The van der Waals surface area contributed by atoms with Gasteiger partial charge in [0.1, 0.15) is 0 Å². The average molecular weight is 438 g/mol. The maximum absolute atomic E-state index is 12.3. The molecular formula is C12H3Cl5F2N2O3. The van der Waals surface area contributed by atoms with Gasteiger partial charge in [-0.1, -0.05) is 58.0 Å². The van der Waals surface area contributed by atoms with Crippen LogP contribution < -0.4 is 4.74 Å². The molecular weight excluding hydrogens is 435 g/mol. The van der Waals surface area contributed by atoms with Gasteiger partial charge in [-0.05, 0) is 0 Å². The van der Waals surface area contributed by atoms with Crippen molar-refractivity contribution in [2.45, 2.75) is 6.61 Å². The second kappa shape index (κ2) is 7.41. The molecule has 0 saturated heterocycles. The van der Waals surface area contributed by atoms with Gasteiger partial charge in [-0.15, -0.1) is 0 Å². The first-order valence-corrected chi connectivity index (χ1v) is 7.65. The van der Waals surface area contributed by atoms with E-state index in [1.807, 2.05) is 0 Å². The first-order valence-electron chi connectivity index (χ1n) is 5.76. The van der Waals surface area contributed by atoms with Gasteiger partial charge in [0.25, 0.3) is 5.88 Å². The molecule has 0 aliphatic heterocycles. The van der Waals surface area contributed by atoms with Gasteiger partial charge >= 0.3 is 12.3 Å². The van der Waals surface area contributed by atoms with Crippen molar-refractivity contribution < 1.29 is 18.4 Å². The molecule has 0 fully saturated rings. The number of hydrogen-bond acceptors (Lipinski definition) is 4. The van der Waals surface area contributed by atoms with E-state index in [4.69, 9.17) is 58.0 Å². The Morgan fingerprint density at radius 3 is 2.00 bits per heavy atom. The van der Waals surface area contributed by atoms with E-state index in [1.165, 1.54) is 0 Å². The number of alkyl halides is 2. The molecule has 0 spiro atoms. The van der Waals surface area contributed by atoms with Gasteiger partial charge in [0.05, 0.1) is 30.0 Å². The van der Waals surface area contributed by atoms with E-state index >= 15 is 0 Å². The number of rotatable bonds is 4. The smallest absolute Gasteiger partial charge is 0.388 e. The summed E-state index contributed by atoms with van der Waals surface area (Å²) in [5.74, 6) is -0.864. The average Bonchev–Trinajstić information content (AvgIpc) is 2.51. The van der Waals surface area contributed by atoms with Crippen LogP contribution in [0.15, 0.2) is 12.3 Å². The SMILES string of the molecule is O=[N+]([O-])c1cc(-c2c(Cl)c(Cl)c(Cl)c(Cl)c2Cl)cnc1OC(F)F. The van der Waals surface area contributed by atoms with Crippen LogP contribution in [0.5, 0.6) is 5.88 Å². The Kier molecular flexibility index (Phi) is 5.93. The molecule has 0 radical (unpaired) electrons. The minimum absolute atomic E-state index is 0.0110. The maximum Gasteiger partial charge on any atom is 0.388 e. The Balaban J connectivity index is 2.71. The second-order valence-electron chi connectivity index (χ2n) is 4.13. The van der Waals surface area contributed by atoms with Crippen molar-refractivity contribution in [1.29, 1.82) is 0 Å². The summed E-state index contributed by atoms with van der Waals surface area (Å²) >= 11 is 29.8. The standard InChI is InChI=1S/C12H3Cl5F2N2O3/c13-6-5(7(14)9(16)10(17)8(6)15)3-1-4(21(22)23)11(20-2-3)24-12(18)19/h1-2,12H. The molecule has 0 aliphatic carbocycles. The minimum atomic E-state index is -3.28. The van der Waals surface area contributed by atoms with Crippen molar-refractivity contribution in [2.24, 2.45) is 0 Å². The van der Waals surface area contributed by atoms with Crippen molar-refractivity contribution in [2.75, 3.05) is 0 Å². The van der Waals surface area contributed by atoms with Gasteiger partial charge in [-0.25, -0.2) is 4.98 Å². The molecule has 0 unspecified atom stereocenters. The summed E-state index contributed by atoms with van der Waals surface area (Å²) in [7, 11) is 0. The highest BCUT2D eigenvalue weighted by Crippen LogP contribution is 2.48. The summed E-state index contributed by atoms with van der Waals surface area (Å²) in [6.45, 7) is -3.28. The van der Waals surface area contributed by atoms with Crippen LogP contribution in [-0.4, -0.2) is 16.5 Å². The van der Waals surface area contributed by atoms with E-state index < -0.39 is 23.1 Å². The third kappa shape index (κ3) is 3.60. The summed E-state index contributed by atoms with van der Waals surface area (Å²) in [4.78, 5) is 13.6. The lowest BCUT2D eigenvalue weighted by Gasteiger charge is -2.13. The van der Waals surface area contributed by atoms with Crippen molar-refractivity contribution in [1.82, 2.24) is 4.98 Å². The fraction of sp³-hybridized carbons (Fsp3) is 0.0833. The molecule has 0 amide bonds. The number of halogens is 7. The first-order chi connectivity index (χ1) is 11.1. The fourth-order valence-corrected chi connectivity index (χ4v) is 3.10. The highest BCUT2D eigenvalue weighted by atomic mass is 35.5. The van der Waals surface area contributed by atoms with E-state index in [0.717, 1.165) is 12.3 Å². The van der Waals surface area contributed by atoms with Gasteiger partial charge < -0.3 is 4.74 Å². The van der Waals surface area contributed by atoms with Crippen LogP contribution >= 0.6 is 58.0 Å². The van der Waals surface area contributed by atoms with Crippen LogP contribution in [0.4, 0.5) is 14.5 Å². The predicted molar refractivity (Wildman–Crippen MR) is 88.0 cm³/mol. The number of hydrogen-bond donors (Lipinski definition) is 0. The van der Waals surface area contributed by atoms with Crippen molar-refractivity contribution >= 4 is 63.7 Å². The summed E-state index contributed by atoms with van der Waals surface area (Å²) in [5.41, 5.74) is -0.794. The van der Waals surface area contributed by atoms with E-state index in [1.54, 1.807) is 0 Å². The van der Waals surface area contributed by atoms with Crippen LogP contribution in [0.25, 0.3) is 11.1 Å². The molecule has 1 heterocycles. The van der Waals surface area contributed by atoms with Crippen LogP contribution in [0.2, 0.25) is 25.1 Å². The molecule has 1 aromatic heterocycles. The van der Waals surface area contributed by atoms with Crippen LogP contribution in [0.1, 0.15) is 0 Å². The van der Waals surface area contributed by atoms with Crippen LogP contribution in [0, 0.1) is 10.1 Å². The molecule has 12 heteroatoms. The summed E-state index contributed by atoms with van der Waals surface area (Å²) in [6, 6.07) is 0.901. The Morgan fingerprint density at radius 1 is 1.04 bits per heavy atom. The lowest BCUT2D eigenvalue weighted by Crippen LogP contribution is -2.06. The second-order valence-corrected chi connectivity index (χ2v) is 6.02. The zero-order chi connectivity index (χ0) is 18.2. The summed E-state index contributed by atoms with van der Waals surface area (Å²) in [5, 5.41) is 10.4. The summed E-state index contributed by atoms with van der Waals surface area (Å²) in [6.07, 6.45) is 0.998.